The summed E-state index contributed by atoms with van der Waals surface area (Å²) >= 11 is 0. The number of hydrogen-bond donors (Lipinski definition) is 2. The maximum Gasteiger partial charge on any atom is 0.267 e. The summed E-state index contributed by atoms with van der Waals surface area (Å²) in [5, 5.41) is 27.6. The number of likely N-dealkylation sites (N-methyl/N-ethyl adjacent to an activating group) is 1. The number of benzene rings is 1. The van der Waals surface area contributed by atoms with E-state index in [1.54, 1.807) is 0 Å². The van der Waals surface area contributed by atoms with E-state index in [2.05, 4.69) is 5.97 Å². The van der Waals surface area contributed by atoms with Crippen molar-refractivity contribution in [2.75, 3.05) is 13.6 Å². The van der Waals surface area contributed by atoms with Crippen molar-refractivity contribution in [3.05, 3.63) is 35.9 Å². The summed E-state index contributed by atoms with van der Waals surface area (Å²) in [4.78, 5) is 25.6. The van der Waals surface area contributed by atoms with E-state index in [0.717, 1.165) is 25.5 Å². The second kappa shape index (κ2) is 8.38. The number of carbonyl (C=O) groups is 2. The van der Waals surface area contributed by atoms with Crippen molar-refractivity contribution in [1.29, 1.82) is 5.26 Å². The van der Waals surface area contributed by atoms with Gasteiger partial charge in [0, 0.05) is 18.6 Å². The number of phenols is 2. The zero-order valence-electron chi connectivity index (χ0n) is 14.2. The maximum atomic E-state index is 12.2. The molecule has 0 aliphatic carbocycles. The van der Waals surface area contributed by atoms with Crippen LogP contribution in [0.1, 0.15) is 23.2 Å². The van der Waals surface area contributed by atoms with Gasteiger partial charge in [0.2, 0.25) is 5.91 Å². The molecule has 0 radical (unpaired) electrons. The number of rotatable bonds is 5. The quantitative estimate of drug-likeness (QED) is 0.370. The molecule has 2 rings (SSSR count). The van der Waals surface area contributed by atoms with Crippen LogP contribution in [0, 0.1) is 17.1 Å². The number of amides is 1. The fourth-order valence-electron chi connectivity index (χ4n) is 2.87. The molecule has 1 heterocycles. The Hall–Kier alpha value is -2.75. The van der Waals surface area contributed by atoms with Crippen LogP contribution in [-0.2, 0) is 4.79 Å². The molecule has 130 valence electrons. The Labute approximate surface area is 147 Å². The van der Waals surface area contributed by atoms with Crippen LogP contribution >= 0.6 is 0 Å². The van der Waals surface area contributed by atoms with E-state index in [-0.39, 0.29) is 42.0 Å². The molecular weight excluding hydrogens is 319 g/mol. The molecule has 0 aromatic heterocycles. The molecule has 1 amide bonds. The van der Waals surface area contributed by atoms with Crippen molar-refractivity contribution >= 4 is 18.4 Å². The second-order valence-electron chi connectivity index (χ2n) is 6.42. The number of ketones is 1. The molecule has 1 fully saturated rings. The van der Waals surface area contributed by atoms with Crippen LogP contribution in [0.3, 0.4) is 0 Å². The Morgan fingerprint density at radius 1 is 1.32 bits per heavy atom. The molecular formula is C18H21BN2O4. The highest BCUT2D eigenvalue weighted by Gasteiger charge is 2.23. The molecule has 1 saturated heterocycles. The number of hydrogen-bond acceptors (Lipinski definition) is 5. The third kappa shape index (κ3) is 5.11. The number of phenolic OH excluding ortho intramolecular Hbond substituents is 2. The third-order valence-electron chi connectivity index (χ3n) is 4.52. The normalized spacial score (nSPS) is 15.1. The lowest BCUT2D eigenvalue weighted by molar-refractivity contribution is -0.124. The van der Waals surface area contributed by atoms with Crippen LogP contribution in [0.25, 0.3) is 0 Å². The molecule has 2 N–H and O–H groups in total. The molecule has 0 atom stereocenters. The van der Waals surface area contributed by atoms with Gasteiger partial charge in [-0.3, -0.25) is 9.59 Å². The Bertz CT molecular complexity index is 718. The molecule has 1 aromatic rings. The second-order valence-corrected chi connectivity index (χ2v) is 6.42. The first-order valence-electron chi connectivity index (χ1n) is 8.28. The summed E-state index contributed by atoms with van der Waals surface area (Å²) in [5.41, 5.74) is 0.230. The van der Waals surface area contributed by atoms with Crippen LogP contribution < -0.4 is 0 Å². The highest BCUT2D eigenvalue weighted by molar-refractivity contribution is 6.67. The molecule has 1 aliphatic heterocycles. The molecule has 25 heavy (non-hydrogen) atoms. The summed E-state index contributed by atoms with van der Waals surface area (Å²) in [7, 11) is 1.54. The van der Waals surface area contributed by atoms with Crippen molar-refractivity contribution in [1.82, 2.24) is 4.90 Å². The highest BCUT2D eigenvalue weighted by Crippen LogP contribution is 2.26. The molecule has 0 bridgehead atoms. The van der Waals surface area contributed by atoms with Gasteiger partial charge in [-0.1, -0.05) is 31.6 Å². The number of nitriles is 1. The molecule has 1 aliphatic rings. The summed E-state index contributed by atoms with van der Waals surface area (Å²) in [6, 6.07) is 3.82. The van der Waals surface area contributed by atoms with Crippen LogP contribution in [0.4, 0.5) is 0 Å². The van der Waals surface area contributed by atoms with Crippen molar-refractivity contribution in [3.63, 3.8) is 0 Å². The smallest absolute Gasteiger partial charge is 0.267 e. The molecule has 0 unspecified atom stereocenters. The van der Waals surface area contributed by atoms with Crippen molar-refractivity contribution in [3.8, 4) is 17.5 Å². The average Bonchev–Trinajstić information content (AvgIpc) is 2.62. The van der Waals surface area contributed by atoms with Gasteiger partial charge < -0.3 is 15.1 Å². The first kappa shape index (κ1) is 18.6. The largest absolute Gasteiger partial charge is 0.504 e. The monoisotopic (exact) mass is 340 g/mol. The Morgan fingerprint density at radius 2 is 2.00 bits per heavy atom. The topological polar surface area (TPSA) is 102 Å². The lowest BCUT2D eigenvalue weighted by Gasteiger charge is -2.20. The van der Waals surface area contributed by atoms with E-state index in [1.807, 2.05) is 6.08 Å². The van der Waals surface area contributed by atoms with Crippen molar-refractivity contribution in [2.24, 2.45) is 5.92 Å². The third-order valence-corrected chi connectivity index (χ3v) is 4.52. The minimum Gasteiger partial charge on any atom is -0.504 e. The fourth-order valence-corrected chi connectivity index (χ4v) is 2.87. The van der Waals surface area contributed by atoms with Crippen LogP contribution in [0.5, 0.6) is 11.5 Å². The lowest BCUT2D eigenvalue weighted by atomic mass is 9.42. The van der Waals surface area contributed by atoms with Crippen molar-refractivity contribution < 1.29 is 19.8 Å². The van der Waals surface area contributed by atoms with Gasteiger partial charge in [-0.2, -0.15) is 0 Å². The highest BCUT2D eigenvalue weighted by atomic mass is 16.3. The van der Waals surface area contributed by atoms with Gasteiger partial charge in [-0.25, -0.2) is 5.26 Å². The number of nitrogens with zero attached hydrogens (tertiary/aromatic N) is 2. The first-order valence-corrected chi connectivity index (χ1v) is 8.28. The zero-order valence-corrected chi connectivity index (χ0v) is 14.2. The standard InChI is InChI=1S/C18H21BN2O4/c1-21(11-17(24)14-3-4-15(22)16(23)10-14)18(25)5-2-13-6-8-19(12-20)9-7-13/h2-5,10,13,22-23H,6-9,11H2,1H3/b5-2+. The van der Waals surface area contributed by atoms with Crippen molar-refractivity contribution in [2.45, 2.75) is 25.5 Å². The zero-order chi connectivity index (χ0) is 18.4. The minimum atomic E-state index is -0.368. The average molecular weight is 340 g/mol. The first-order chi connectivity index (χ1) is 11.9. The molecule has 0 spiro atoms. The number of allylic oxidation sites excluding steroid dienone is 1. The van der Waals surface area contributed by atoms with Gasteiger partial charge in [-0.05, 0) is 30.2 Å². The summed E-state index contributed by atoms with van der Waals surface area (Å²) in [5.74, 6) is 1.33. The Kier molecular flexibility index (Phi) is 6.23. The number of carbonyl (C=O) groups excluding carboxylic acids is 2. The van der Waals surface area contributed by atoms with Gasteiger partial charge in [0.05, 0.1) is 6.54 Å². The van der Waals surface area contributed by atoms with E-state index in [9.17, 15) is 19.8 Å². The van der Waals surface area contributed by atoms with Crippen LogP contribution in [0.2, 0.25) is 12.6 Å². The Morgan fingerprint density at radius 3 is 2.60 bits per heavy atom. The van der Waals surface area contributed by atoms with Gasteiger partial charge >= 0.3 is 0 Å². The van der Waals surface area contributed by atoms with Gasteiger partial charge in [-0.15, -0.1) is 0 Å². The SMILES string of the molecule is CN(CC(=O)c1ccc(O)c(O)c1)C(=O)/C=C/C1CCB(C#N)CC1. The van der Waals surface area contributed by atoms with E-state index in [1.165, 1.54) is 36.2 Å². The van der Waals surface area contributed by atoms with Gasteiger partial charge in [0.15, 0.2) is 17.3 Å². The van der Waals surface area contributed by atoms with E-state index in [4.69, 9.17) is 5.26 Å². The van der Waals surface area contributed by atoms with E-state index < -0.39 is 0 Å². The predicted molar refractivity (Wildman–Crippen MR) is 94.6 cm³/mol. The fraction of sp³-hybridized carbons (Fsp3) is 0.389. The number of aromatic hydroxyl groups is 2. The van der Waals surface area contributed by atoms with Gasteiger partial charge in [0.25, 0.3) is 6.71 Å². The van der Waals surface area contributed by atoms with E-state index >= 15 is 0 Å². The molecule has 6 nitrogen and oxygen atoms in total. The predicted octanol–water partition coefficient (Wildman–Crippen LogP) is 2.26. The minimum absolute atomic E-state index is 0.117. The summed E-state index contributed by atoms with van der Waals surface area (Å²) < 4.78 is 0. The van der Waals surface area contributed by atoms with Crippen LogP contribution in [0.15, 0.2) is 30.4 Å². The Balaban J connectivity index is 1.87. The van der Waals surface area contributed by atoms with Crippen LogP contribution in [-0.4, -0.2) is 47.1 Å². The van der Waals surface area contributed by atoms with Gasteiger partial charge in [0.1, 0.15) is 0 Å². The molecule has 0 saturated carbocycles. The molecule has 7 heteroatoms. The molecule has 1 aromatic carbocycles. The summed E-state index contributed by atoms with van der Waals surface area (Å²) in [6.07, 6.45) is 6.87. The summed E-state index contributed by atoms with van der Waals surface area (Å²) in [6.45, 7) is 0.0107. The van der Waals surface area contributed by atoms with E-state index in [0.29, 0.717) is 5.92 Å². The maximum absolute atomic E-state index is 12.2. The number of Topliss-reactive ketones (excluding diaryl/α,β-unsaturated/α-hetero) is 1. The lowest BCUT2D eigenvalue weighted by Crippen LogP contribution is -2.31.